The van der Waals surface area contributed by atoms with E-state index >= 15 is 0 Å². The van der Waals surface area contributed by atoms with E-state index in [9.17, 15) is 4.79 Å². The second-order valence-electron chi connectivity index (χ2n) is 3.56. The summed E-state index contributed by atoms with van der Waals surface area (Å²) in [6.07, 6.45) is 0. The van der Waals surface area contributed by atoms with E-state index in [0.29, 0.717) is 5.56 Å². The molecule has 0 heterocycles. The normalized spacial score (nSPS) is 8.44. The maximum atomic E-state index is 11.6. The van der Waals surface area contributed by atoms with E-state index in [2.05, 4.69) is 23.7 Å². The van der Waals surface area contributed by atoms with Crippen molar-refractivity contribution in [3.05, 3.63) is 71.8 Å². The fraction of sp³-hybridized carbons (Fsp3) is 0. The molecule has 18 heavy (non-hydrogen) atoms. The van der Waals surface area contributed by atoms with Crippen LogP contribution in [0.5, 0.6) is 0 Å². The van der Waals surface area contributed by atoms with E-state index in [-0.39, 0.29) is 5.78 Å². The Balaban J connectivity index is 2.06. The number of benzene rings is 2. The SMILES string of the molecule is O=C(C#CC#Cc1ccccc1)c1ccccc1. The summed E-state index contributed by atoms with van der Waals surface area (Å²) >= 11 is 0. The van der Waals surface area contributed by atoms with E-state index < -0.39 is 0 Å². The van der Waals surface area contributed by atoms with Gasteiger partial charge in [0.25, 0.3) is 0 Å². The molecule has 0 atom stereocenters. The van der Waals surface area contributed by atoms with Crippen LogP contribution < -0.4 is 0 Å². The van der Waals surface area contributed by atoms with E-state index in [0.717, 1.165) is 5.56 Å². The summed E-state index contributed by atoms with van der Waals surface area (Å²) in [6, 6.07) is 18.5. The van der Waals surface area contributed by atoms with Gasteiger partial charge in [0, 0.05) is 11.1 Å². The Morgan fingerprint density at radius 2 is 1.39 bits per heavy atom. The first-order valence-corrected chi connectivity index (χ1v) is 5.53. The molecule has 84 valence electrons. The molecule has 0 unspecified atom stereocenters. The molecule has 0 aliphatic heterocycles. The molecular weight excluding hydrogens is 220 g/mol. The van der Waals surface area contributed by atoms with Gasteiger partial charge < -0.3 is 0 Å². The van der Waals surface area contributed by atoms with Crippen LogP contribution in [0.4, 0.5) is 0 Å². The third-order valence-corrected chi connectivity index (χ3v) is 2.26. The summed E-state index contributed by atoms with van der Waals surface area (Å²) < 4.78 is 0. The highest BCUT2D eigenvalue weighted by Crippen LogP contribution is 1.98. The summed E-state index contributed by atoms with van der Waals surface area (Å²) in [5, 5.41) is 0. The zero-order valence-electron chi connectivity index (χ0n) is 9.68. The minimum atomic E-state index is -0.210. The minimum absolute atomic E-state index is 0.210. The van der Waals surface area contributed by atoms with Gasteiger partial charge in [-0.25, -0.2) is 0 Å². The van der Waals surface area contributed by atoms with Gasteiger partial charge in [-0.3, -0.25) is 4.79 Å². The maximum absolute atomic E-state index is 11.6. The van der Waals surface area contributed by atoms with Gasteiger partial charge in [0.1, 0.15) is 0 Å². The molecule has 0 bridgehead atoms. The highest BCUT2D eigenvalue weighted by molar-refractivity contribution is 6.09. The van der Waals surface area contributed by atoms with Gasteiger partial charge in [-0.15, -0.1) is 0 Å². The average Bonchev–Trinajstić information content (AvgIpc) is 2.45. The zero-order valence-corrected chi connectivity index (χ0v) is 9.68. The predicted octanol–water partition coefficient (Wildman–Crippen LogP) is 2.92. The molecule has 1 heteroatoms. The van der Waals surface area contributed by atoms with Crippen molar-refractivity contribution in [3.8, 4) is 23.7 Å². The topological polar surface area (TPSA) is 17.1 Å². The fourth-order valence-electron chi connectivity index (χ4n) is 1.37. The third-order valence-electron chi connectivity index (χ3n) is 2.26. The summed E-state index contributed by atoms with van der Waals surface area (Å²) in [7, 11) is 0. The first-order chi connectivity index (χ1) is 8.86. The quantitative estimate of drug-likeness (QED) is 0.418. The number of Topliss-reactive ketones (excluding diaryl/α,β-unsaturated/α-hetero) is 1. The second-order valence-corrected chi connectivity index (χ2v) is 3.56. The van der Waals surface area contributed by atoms with E-state index in [1.807, 2.05) is 48.5 Å². The number of carbonyl (C=O) groups is 1. The summed E-state index contributed by atoms with van der Waals surface area (Å²) in [4.78, 5) is 11.6. The fourth-order valence-corrected chi connectivity index (χ4v) is 1.37. The second kappa shape index (κ2) is 6.09. The van der Waals surface area contributed by atoms with E-state index in [1.54, 1.807) is 12.1 Å². The van der Waals surface area contributed by atoms with Gasteiger partial charge in [0.15, 0.2) is 0 Å². The molecule has 2 rings (SSSR count). The lowest BCUT2D eigenvalue weighted by molar-refractivity contribution is 0.105. The lowest BCUT2D eigenvalue weighted by atomic mass is 10.1. The average molecular weight is 230 g/mol. The number of carbonyl (C=O) groups excluding carboxylic acids is 1. The summed E-state index contributed by atoms with van der Waals surface area (Å²) in [6.45, 7) is 0. The Hall–Kier alpha value is -2.77. The number of hydrogen-bond acceptors (Lipinski definition) is 1. The van der Waals surface area contributed by atoms with Crippen LogP contribution in [-0.2, 0) is 0 Å². The Bertz CT molecular complexity index is 647. The number of rotatable bonds is 1. The first kappa shape index (κ1) is 11.7. The van der Waals surface area contributed by atoms with Crippen molar-refractivity contribution in [3.63, 3.8) is 0 Å². The lowest BCUT2D eigenvalue weighted by Crippen LogP contribution is -1.93. The van der Waals surface area contributed by atoms with Crippen molar-refractivity contribution in [2.75, 3.05) is 0 Å². The van der Waals surface area contributed by atoms with Gasteiger partial charge >= 0.3 is 0 Å². The predicted molar refractivity (Wildman–Crippen MR) is 71.9 cm³/mol. The minimum Gasteiger partial charge on any atom is -0.279 e. The number of ketones is 1. The standard InChI is InChI=1S/C17H10O/c18-17(16-12-5-2-6-13-16)14-8-7-11-15-9-3-1-4-10-15/h1-6,9-10,12-13H. The monoisotopic (exact) mass is 230 g/mol. The van der Waals surface area contributed by atoms with Gasteiger partial charge in [-0.1, -0.05) is 54.5 Å². The Kier molecular flexibility index (Phi) is 3.96. The van der Waals surface area contributed by atoms with Gasteiger partial charge in [-0.05, 0) is 29.9 Å². The summed E-state index contributed by atoms with van der Waals surface area (Å²) in [5.41, 5.74) is 1.48. The highest BCUT2D eigenvalue weighted by Gasteiger charge is 1.98. The van der Waals surface area contributed by atoms with Crippen LogP contribution in [0, 0.1) is 23.7 Å². The van der Waals surface area contributed by atoms with Crippen LogP contribution in [0.3, 0.4) is 0 Å². The molecule has 0 N–H and O–H groups in total. The molecular formula is C17H10O. The molecule has 0 radical (unpaired) electrons. The molecule has 0 spiro atoms. The molecule has 0 saturated carbocycles. The molecule has 2 aromatic carbocycles. The number of hydrogen-bond donors (Lipinski definition) is 0. The van der Waals surface area contributed by atoms with Gasteiger partial charge in [0.2, 0.25) is 5.78 Å². The molecule has 0 aliphatic carbocycles. The molecule has 0 aromatic heterocycles. The van der Waals surface area contributed by atoms with Crippen LogP contribution in [0.15, 0.2) is 60.7 Å². The van der Waals surface area contributed by atoms with Crippen LogP contribution >= 0.6 is 0 Å². The van der Waals surface area contributed by atoms with Crippen LogP contribution in [0.25, 0.3) is 0 Å². The van der Waals surface area contributed by atoms with E-state index in [4.69, 9.17) is 0 Å². The third kappa shape index (κ3) is 3.37. The molecule has 0 fully saturated rings. The zero-order chi connectivity index (χ0) is 12.6. The van der Waals surface area contributed by atoms with E-state index in [1.165, 1.54) is 0 Å². The molecule has 2 aromatic rings. The van der Waals surface area contributed by atoms with Crippen LogP contribution in [0.1, 0.15) is 15.9 Å². The van der Waals surface area contributed by atoms with Gasteiger partial charge in [0.05, 0.1) is 0 Å². The van der Waals surface area contributed by atoms with Crippen molar-refractivity contribution in [2.24, 2.45) is 0 Å². The van der Waals surface area contributed by atoms with Crippen molar-refractivity contribution >= 4 is 5.78 Å². The van der Waals surface area contributed by atoms with Crippen molar-refractivity contribution < 1.29 is 4.79 Å². The maximum Gasteiger partial charge on any atom is 0.236 e. The van der Waals surface area contributed by atoms with Gasteiger partial charge in [-0.2, -0.15) is 0 Å². The molecule has 0 aliphatic rings. The van der Waals surface area contributed by atoms with Crippen LogP contribution in [0.2, 0.25) is 0 Å². The Morgan fingerprint density at radius 1 is 0.778 bits per heavy atom. The molecule has 1 nitrogen and oxygen atoms in total. The summed E-state index contributed by atoms with van der Waals surface area (Å²) in [5.74, 6) is 10.4. The molecule has 0 saturated heterocycles. The van der Waals surface area contributed by atoms with Crippen molar-refractivity contribution in [2.45, 2.75) is 0 Å². The Morgan fingerprint density at radius 3 is 2.06 bits per heavy atom. The smallest absolute Gasteiger partial charge is 0.236 e. The lowest BCUT2D eigenvalue weighted by Gasteiger charge is -1.89. The first-order valence-electron chi connectivity index (χ1n) is 5.53. The largest absolute Gasteiger partial charge is 0.279 e. The van der Waals surface area contributed by atoms with Crippen molar-refractivity contribution in [1.29, 1.82) is 0 Å². The van der Waals surface area contributed by atoms with Crippen LogP contribution in [-0.4, -0.2) is 5.78 Å². The molecule has 0 amide bonds. The Labute approximate surface area is 106 Å². The highest BCUT2D eigenvalue weighted by atomic mass is 16.1. The van der Waals surface area contributed by atoms with Crippen molar-refractivity contribution in [1.82, 2.24) is 0 Å².